The molecule has 19 heavy (non-hydrogen) atoms. The highest BCUT2D eigenvalue weighted by Gasteiger charge is 2.34. The van der Waals surface area contributed by atoms with Crippen molar-refractivity contribution in [2.24, 2.45) is 0 Å². The Morgan fingerprint density at radius 3 is 2.89 bits per heavy atom. The van der Waals surface area contributed by atoms with Crippen molar-refractivity contribution in [3.8, 4) is 0 Å². The molecule has 0 saturated heterocycles. The summed E-state index contributed by atoms with van der Waals surface area (Å²) in [5.41, 5.74) is 1.24. The van der Waals surface area contributed by atoms with Crippen LogP contribution >= 0.6 is 0 Å². The van der Waals surface area contributed by atoms with Gasteiger partial charge in [-0.3, -0.25) is 9.59 Å². The maximum absolute atomic E-state index is 12.4. The quantitative estimate of drug-likeness (QED) is 0.889. The van der Waals surface area contributed by atoms with Gasteiger partial charge < -0.3 is 14.4 Å². The first kappa shape index (κ1) is 11.7. The molecule has 2 aromatic rings. The molecule has 0 bridgehead atoms. The molecule has 1 fully saturated rings. The van der Waals surface area contributed by atoms with Gasteiger partial charge in [-0.25, -0.2) is 4.98 Å². The minimum atomic E-state index is -0.982. The molecule has 2 aromatic heterocycles. The largest absolute Gasteiger partial charge is 0.480 e. The molecule has 0 atom stereocenters. The van der Waals surface area contributed by atoms with Gasteiger partial charge in [0.2, 0.25) is 0 Å². The summed E-state index contributed by atoms with van der Waals surface area (Å²) in [6, 6.07) is 3.50. The molecule has 1 N–H and O–H groups in total. The number of hydrogen-bond donors (Lipinski definition) is 1. The number of carboxylic acid groups (broad SMARTS) is 1. The molecule has 0 aromatic carbocycles. The standard InChI is InChI=1S/C13H13N3O3/c17-12(18)8-16(10-2-3-10)13(19)9-1-4-11-14-5-6-15(11)7-9/h1,4-7,10H,2-3,8H2,(H,17,18). The molecule has 98 valence electrons. The van der Waals surface area contributed by atoms with E-state index in [4.69, 9.17) is 5.11 Å². The van der Waals surface area contributed by atoms with Crippen LogP contribution in [0.1, 0.15) is 23.2 Å². The molecule has 0 aliphatic heterocycles. The third kappa shape index (κ3) is 2.29. The summed E-state index contributed by atoms with van der Waals surface area (Å²) in [5, 5.41) is 8.89. The van der Waals surface area contributed by atoms with Crippen LogP contribution in [0.5, 0.6) is 0 Å². The summed E-state index contributed by atoms with van der Waals surface area (Å²) >= 11 is 0. The number of carboxylic acids is 1. The third-order valence-electron chi connectivity index (χ3n) is 3.19. The topological polar surface area (TPSA) is 74.9 Å². The molecule has 1 aliphatic carbocycles. The van der Waals surface area contributed by atoms with Crippen molar-refractivity contribution in [2.75, 3.05) is 6.54 Å². The zero-order chi connectivity index (χ0) is 13.4. The van der Waals surface area contributed by atoms with Crippen LogP contribution in [0, 0.1) is 0 Å². The number of rotatable bonds is 4. The third-order valence-corrected chi connectivity index (χ3v) is 3.19. The maximum atomic E-state index is 12.4. The summed E-state index contributed by atoms with van der Waals surface area (Å²) in [7, 11) is 0. The Morgan fingerprint density at radius 1 is 1.42 bits per heavy atom. The molecular weight excluding hydrogens is 246 g/mol. The van der Waals surface area contributed by atoms with Crippen LogP contribution in [0.2, 0.25) is 0 Å². The lowest BCUT2D eigenvalue weighted by molar-refractivity contribution is -0.137. The van der Waals surface area contributed by atoms with E-state index in [-0.39, 0.29) is 18.5 Å². The van der Waals surface area contributed by atoms with E-state index in [0.717, 1.165) is 18.5 Å². The molecule has 2 heterocycles. The van der Waals surface area contributed by atoms with E-state index in [1.807, 2.05) is 0 Å². The Hall–Kier alpha value is -2.37. The number of fused-ring (bicyclic) bond motifs is 1. The number of carbonyl (C=O) groups is 2. The SMILES string of the molecule is O=C(O)CN(C(=O)c1ccc2nccn2c1)C1CC1. The first-order valence-electron chi connectivity index (χ1n) is 6.10. The number of nitrogens with zero attached hydrogens (tertiary/aromatic N) is 3. The normalized spacial score (nSPS) is 14.5. The highest BCUT2D eigenvalue weighted by atomic mass is 16.4. The van der Waals surface area contributed by atoms with Gasteiger partial charge in [-0.1, -0.05) is 0 Å². The van der Waals surface area contributed by atoms with Gasteiger partial charge in [-0.15, -0.1) is 0 Å². The van der Waals surface area contributed by atoms with Gasteiger partial charge in [-0.05, 0) is 25.0 Å². The van der Waals surface area contributed by atoms with E-state index in [9.17, 15) is 9.59 Å². The monoisotopic (exact) mass is 259 g/mol. The van der Waals surface area contributed by atoms with E-state index in [2.05, 4.69) is 4.98 Å². The fourth-order valence-electron chi connectivity index (χ4n) is 2.11. The summed E-state index contributed by atoms with van der Waals surface area (Å²) in [6.07, 6.45) is 6.85. The first-order valence-corrected chi connectivity index (χ1v) is 6.10. The number of hydrogen-bond acceptors (Lipinski definition) is 3. The van der Waals surface area contributed by atoms with Crippen molar-refractivity contribution >= 4 is 17.5 Å². The number of imidazole rings is 1. The average Bonchev–Trinajstić information content (AvgIpc) is 3.12. The number of aliphatic carboxylic acids is 1. The second-order valence-corrected chi connectivity index (χ2v) is 4.67. The van der Waals surface area contributed by atoms with E-state index in [0.29, 0.717) is 5.56 Å². The second-order valence-electron chi connectivity index (χ2n) is 4.67. The molecule has 6 nitrogen and oxygen atoms in total. The first-order chi connectivity index (χ1) is 9.15. The Labute approximate surface area is 109 Å². The number of amides is 1. The lowest BCUT2D eigenvalue weighted by Gasteiger charge is -2.20. The minimum absolute atomic E-state index is 0.0714. The molecule has 3 rings (SSSR count). The van der Waals surface area contributed by atoms with Crippen LogP contribution < -0.4 is 0 Å². The Bertz CT molecular complexity index is 645. The maximum Gasteiger partial charge on any atom is 0.323 e. The molecule has 0 unspecified atom stereocenters. The predicted octanol–water partition coefficient (Wildman–Crippen LogP) is 1.02. The van der Waals surface area contributed by atoms with Crippen molar-refractivity contribution < 1.29 is 14.7 Å². The van der Waals surface area contributed by atoms with Crippen molar-refractivity contribution in [2.45, 2.75) is 18.9 Å². The van der Waals surface area contributed by atoms with E-state index in [1.54, 1.807) is 35.1 Å². The molecule has 0 spiro atoms. The number of pyridine rings is 1. The van der Waals surface area contributed by atoms with Crippen LogP contribution in [0.15, 0.2) is 30.7 Å². The molecular formula is C13H13N3O3. The smallest absolute Gasteiger partial charge is 0.323 e. The number of aromatic nitrogens is 2. The van der Waals surface area contributed by atoms with Crippen molar-refractivity contribution in [1.82, 2.24) is 14.3 Å². The van der Waals surface area contributed by atoms with Crippen LogP contribution in [0.25, 0.3) is 5.65 Å². The fraction of sp³-hybridized carbons (Fsp3) is 0.308. The second kappa shape index (κ2) is 4.38. The van der Waals surface area contributed by atoms with Gasteiger partial charge in [0.25, 0.3) is 5.91 Å². The lowest BCUT2D eigenvalue weighted by Crippen LogP contribution is -2.37. The molecule has 0 radical (unpaired) electrons. The minimum Gasteiger partial charge on any atom is -0.480 e. The Balaban J connectivity index is 1.89. The van der Waals surface area contributed by atoms with Gasteiger partial charge in [0.1, 0.15) is 12.2 Å². The highest BCUT2D eigenvalue weighted by molar-refractivity contribution is 5.96. The van der Waals surface area contributed by atoms with E-state index in [1.165, 1.54) is 4.90 Å². The molecule has 1 amide bonds. The van der Waals surface area contributed by atoms with Crippen LogP contribution in [0.4, 0.5) is 0 Å². The predicted molar refractivity (Wildman–Crippen MR) is 66.9 cm³/mol. The summed E-state index contributed by atoms with van der Waals surface area (Å²) in [4.78, 5) is 28.7. The van der Waals surface area contributed by atoms with Crippen LogP contribution in [0.3, 0.4) is 0 Å². The zero-order valence-electron chi connectivity index (χ0n) is 10.2. The average molecular weight is 259 g/mol. The van der Waals surface area contributed by atoms with Crippen molar-refractivity contribution in [3.05, 3.63) is 36.3 Å². The van der Waals surface area contributed by atoms with Gasteiger partial charge in [0.15, 0.2) is 0 Å². The highest BCUT2D eigenvalue weighted by Crippen LogP contribution is 2.28. The molecule has 6 heteroatoms. The summed E-state index contributed by atoms with van der Waals surface area (Å²) < 4.78 is 1.75. The molecule has 1 saturated carbocycles. The van der Waals surface area contributed by atoms with Crippen LogP contribution in [-0.4, -0.2) is 43.9 Å². The summed E-state index contributed by atoms with van der Waals surface area (Å²) in [6.45, 7) is -0.245. The van der Waals surface area contributed by atoms with Gasteiger partial charge in [0.05, 0.1) is 5.56 Å². The van der Waals surface area contributed by atoms with Crippen molar-refractivity contribution in [3.63, 3.8) is 0 Å². The number of carbonyl (C=O) groups excluding carboxylic acids is 1. The fourth-order valence-corrected chi connectivity index (χ4v) is 2.11. The lowest BCUT2D eigenvalue weighted by atomic mass is 10.2. The Morgan fingerprint density at radius 2 is 2.21 bits per heavy atom. The van der Waals surface area contributed by atoms with E-state index >= 15 is 0 Å². The van der Waals surface area contributed by atoms with Crippen molar-refractivity contribution in [1.29, 1.82) is 0 Å². The van der Waals surface area contributed by atoms with Gasteiger partial charge in [0, 0.05) is 24.6 Å². The molecule has 1 aliphatic rings. The van der Waals surface area contributed by atoms with E-state index < -0.39 is 5.97 Å². The van der Waals surface area contributed by atoms with Gasteiger partial charge >= 0.3 is 5.97 Å². The Kier molecular flexibility index (Phi) is 2.70. The van der Waals surface area contributed by atoms with Crippen LogP contribution in [-0.2, 0) is 4.79 Å². The van der Waals surface area contributed by atoms with Gasteiger partial charge in [-0.2, -0.15) is 0 Å². The zero-order valence-corrected chi connectivity index (χ0v) is 10.2. The summed E-state index contributed by atoms with van der Waals surface area (Å²) in [5.74, 6) is -1.22.